The van der Waals surface area contributed by atoms with Gasteiger partial charge in [0.2, 0.25) is 0 Å². The highest BCUT2D eigenvalue weighted by molar-refractivity contribution is 8.18. The van der Waals surface area contributed by atoms with Crippen LogP contribution in [0.2, 0.25) is 0 Å². The zero-order valence-corrected chi connectivity index (χ0v) is 16.6. The van der Waals surface area contributed by atoms with E-state index in [4.69, 9.17) is 15.2 Å². The first-order valence-corrected chi connectivity index (χ1v) is 9.70. The van der Waals surface area contributed by atoms with Gasteiger partial charge in [-0.3, -0.25) is 19.3 Å². The number of carbonyl (C=O) groups excluding carboxylic acids is 3. The molecule has 1 saturated heterocycles. The van der Waals surface area contributed by atoms with Crippen molar-refractivity contribution in [2.75, 3.05) is 19.8 Å². The molecule has 0 radical (unpaired) electrons. The molecular formula is C21H20N2O5S. The molecule has 0 saturated carbocycles. The molecule has 3 amide bonds. The Morgan fingerprint density at radius 1 is 1.10 bits per heavy atom. The molecule has 0 aromatic heterocycles. The summed E-state index contributed by atoms with van der Waals surface area (Å²) in [4.78, 5) is 37.1. The lowest BCUT2D eigenvalue weighted by Crippen LogP contribution is -2.32. The Labute approximate surface area is 172 Å². The van der Waals surface area contributed by atoms with Crippen molar-refractivity contribution >= 4 is 34.9 Å². The van der Waals surface area contributed by atoms with Crippen LogP contribution in [0.3, 0.4) is 0 Å². The van der Waals surface area contributed by atoms with E-state index in [2.05, 4.69) is 0 Å². The minimum Gasteiger partial charge on any atom is -0.492 e. The fourth-order valence-corrected chi connectivity index (χ4v) is 3.52. The first-order chi connectivity index (χ1) is 13.9. The number of primary amides is 1. The van der Waals surface area contributed by atoms with E-state index in [0.29, 0.717) is 22.0 Å². The number of carbonyl (C=O) groups is 3. The van der Waals surface area contributed by atoms with Gasteiger partial charge in [-0.25, -0.2) is 0 Å². The van der Waals surface area contributed by atoms with Crippen LogP contribution >= 0.6 is 11.8 Å². The Bertz CT molecular complexity index is 973. The van der Waals surface area contributed by atoms with Gasteiger partial charge in [-0.05, 0) is 60.2 Å². The summed E-state index contributed by atoms with van der Waals surface area (Å²) in [6, 6.07) is 14.4. The fourth-order valence-electron chi connectivity index (χ4n) is 2.65. The van der Waals surface area contributed by atoms with Crippen molar-refractivity contribution in [1.82, 2.24) is 4.90 Å². The highest BCUT2D eigenvalue weighted by Gasteiger charge is 2.34. The Morgan fingerprint density at radius 3 is 2.55 bits per heavy atom. The summed E-state index contributed by atoms with van der Waals surface area (Å²) in [5.74, 6) is 0.198. The number of benzene rings is 2. The molecule has 0 spiro atoms. The maximum absolute atomic E-state index is 12.6. The number of hydrogen-bond donors (Lipinski definition) is 1. The monoisotopic (exact) mass is 412 g/mol. The number of rotatable bonds is 8. The van der Waals surface area contributed by atoms with Crippen molar-refractivity contribution in [3.8, 4) is 11.5 Å². The quantitative estimate of drug-likeness (QED) is 0.669. The molecule has 29 heavy (non-hydrogen) atoms. The second-order valence-electron chi connectivity index (χ2n) is 6.33. The lowest BCUT2D eigenvalue weighted by molar-refractivity contribution is -0.123. The zero-order valence-electron chi connectivity index (χ0n) is 15.8. The molecule has 0 aliphatic carbocycles. The fraction of sp³-hybridized carbons (Fsp3) is 0.190. The van der Waals surface area contributed by atoms with Crippen molar-refractivity contribution in [3.05, 3.63) is 64.6 Å². The van der Waals surface area contributed by atoms with Crippen LogP contribution in [0, 0.1) is 6.92 Å². The van der Waals surface area contributed by atoms with Gasteiger partial charge >= 0.3 is 0 Å². The molecular weight excluding hydrogens is 392 g/mol. The largest absolute Gasteiger partial charge is 0.492 e. The molecule has 2 aromatic carbocycles. The van der Waals surface area contributed by atoms with Crippen LogP contribution in [-0.4, -0.2) is 41.7 Å². The van der Waals surface area contributed by atoms with E-state index in [0.717, 1.165) is 17.3 Å². The topological polar surface area (TPSA) is 98.9 Å². The normalized spacial score (nSPS) is 15.1. The van der Waals surface area contributed by atoms with Gasteiger partial charge in [-0.2, -0.15) is 0 Å². The molecule has 3 rings (SSSR count). The summed E-state index contributed by atoms with van der Waals surface area (Å²) in [6.07, 6.45) is 1.61. The predicted molar refractivity (Wildman–Crippen MR) is 110 cm³/mol. The van der Waals surface area contributed by atoms with Crippen molar-refractivity contribution < 1.29 is 23.9 Å². The molecule has 1 aliphatic heterocycles. The second kappa shape index (κ2) is 9.29. The molecule has 1 fully saturated rings. The van der Waals surface area contributed by atoms with E-state index >= 15 is 0 Å². The van der Waals surface area contributed by atoms with E-state index < -0.39 is 5.91 Å². The van der Waals surface area contributed by atoms with Crippen molar-refractivity contribution in [2.24, 2.45) is 5.73 Å². The highest BCUT2D eigenvalue weighted by atomic mass is 32.2. The summed E-state index contributed by atoms with van der Waals surface area (Å²) in [5, 5.41) is -0.338. The average molecular weight is 412 g/mol. The molecule has 0 atom stereocenters. The Morgan fingerprint density at radius 2 is 1.83 bits per heavy atom. The molecule has 0 unspecified atom stereocenters. The van der Waals surface area contributed by atoms with Crippen LogP contribution in [0.25, 0.3) is 6.08 Å². The number of hydrogen-bond acceptors (Lipinski definition) is 6. The number of ether oxygens (including phenoxy) is 2. The van der Waals surface area contributed by atoms with Crippen molar-refractivity contribution in [1.29, 1.82) is 0 Å². The van der Waals surface area contributed by atoms with E-state index in [-0.39, 0.29) is 30.9 Å². The molecule has 2 N–H and O–H groups in total. The van der Waals surface area contributed by atoms with Gasteiger partial charge < -0.3 is 15.2 Å². The second-order valence-corrected chi connectivity index (χ2v) is 7.32. The smallest absolute Gasteiger partial charge is 0.293 e. The third-order valence-corrected chi connectivity index (χ3v) is 4.89. The molecule has 150 valence electrons. The lowest BCUT2D eigenvalue weighted by Gasteiger charge is -2.13. The third kappa shape index (κ3) is 5.61. The van der Waals surface area contributed by atoms with Gasteiger partial charge in [0.1, 0.15) is 18.1 Å². The number of nitrogens with zero attached hydrogens (tertiary/aromatic N) is 1. The van der Waals surface area contributed by atoms with Crippen LogP contribution < -0.4 is 15.2 Å². The first kappa shape index (κ1) is 20.5. The van der Waals surface area contributed by atoms with Crippen molar-refractivity contribution in [3.63, 3.8) is 0 Å². The van der Waals surface area contributed by atoms with Crippen LogP contribution in [0.1, 0.15) is 11.1 Å². The first-order valence-electron chi connectivity index (χ1n) is 8.88. The van der Waals surface area contributed by atoms with E-state index in [1.54, 1.807) is 30.3 Å². The number of thioether (sulfide) groups is 1. The predicted octanol–water partition coefficient (Wildman–Crippen LogP) is 2.97. The summed E-state index contributed by atoms with van der Waals surface area (Å²) >= 11 is 0.877. The standard InChI is InChI=1S/C21H20N2O5S/c1-14-4-2-6-16(10-14)27-9-8-23-20(25)18(29-21(23)26)12-15-5-3-7-17(11-15)28-13-19(22)24/h2-7,10-12H,8-9,13H2,1H3,(H2,22,24)/b18-12-. The molecule has 1 aliphatic rings. The summed E-state index contributed by atoms with van der Waals surface area (Å²) in [6.45, 7) is 2.10. The Kier molecular flexibility index (Phi) is 6.56. The Balaban J connectivity index is 1.62. The molecule has 0 bridgehead atoms. The highest BCUT2D eigenvalue weighted by Crippen LogP contribution is 2.32. The van der Waals surface area contributed by atoms with Crippen molar-refractivity contribution in [2.45, 2.75) is 6.92 Å². The van der Waals surface area contributed by atoms with Gasteiger partial charge in [-0.1, -0.05) is 24.3 Å². The van der Waals surface area contributed by atoms with E-state index in [1.807, 2.05) is 31.2 Å². The van der Waals surface area contributed by atoms with Gasteiger partial charge in [0.05, 0.1) is 11.4 Å². The summed E-state index contributed by atoms with van der Waals surface area (Å²) < 4.78 is 10.9. The SMILES string of the molecule is Cc1cccc(OCCN2C(=O)S/C(=C\c3cccc(OCC(N)=O)c3)C2=O)c1. The molecule has 7 nitrogen and oxygen atoms in total. The third-order valence-electron chi connectivity index (χ3n) is 3.98. The van der Waals surface area contributed by atoms with Crippen LogP contribution in [0.5, 0.6) is 11.5 Å². The van der Waals surface area contributed by atoms with Crippen LogP contribution in [0.15, 0.2) is 53.4 Å². The van der Waals surface area contributed by atoms with E-state index in [9.17, 15) is 14.4 Å². The minimum atomic E-state index is -0.579. The summed E-state index contributed by atoms with van der Waals surface area (Å²) in [7, 11) is 0. The van der Waals surface area contributed by atoms with Gasteiger partial charge in [0.25, 0.3) is 17.1 Å². The van der Waals surface area contributed by atoms with Gasteiger partial charge in [-0.15, -0.1) is 0 Å². The van der Waals surface area contributed by atoms with Gasteiger partial charge in [0, 0.05) is 0 Å². The molecule has 1 heterocycles. The number of nitrogens with two attached hydrogens (primary N) is 1. The van der Waals surface area contributed by atoms with Gasteiger partial charge in [0.15, 0.2) is 6.61 Å². The molecule has 8 heteroatoms. The maximum Gasteiger partial charge on any atom is 0.293 e. The number of aryl methyl sites for hydroxylation is 1. The van der Waals surface area contributed by atoms with Crippen LogP contribution in [0.4, 0.5) is 4.79 Å². The summed E-state index contributed by atoms with van der Waals surface area (Å²) in [5.41, 5.74) is 6.81. The zero-order chi connectivity index (χ0) is 20.8. The number of amides is 3. The average Bonchev–Trinajstić information content (AvgIpc) is 2.94. The minimum absolute atomic E-state index is 0.164. The molecule has 2 aromatic rings. The van der Waals surface area contributed by atoms with Crippen LogP contribution in [-0.2, 0) is 9.59 Å². The lowest BCUT2D eigenvalue weighted by atomic mass is 10.2. The maximum atomic E-state index is 12.6. The van der Waals surface area contributed by atoms with E-state index in [1.165, 1.54) is 4.90 Å². The number of imide groups is 1. The Hall–Kier alpha value is -3.26.